The zero-order chi connectivity index (χ0) is 24.8. The van der Waals surface area contributed by atoms with E-state index in [0.29, 0.717) is 0 Å². The Morgan fingerprint density at radius 3 is 2.32 bits per heavy atom. The number of anilines is 1. The van der Waals surface area contributed by atoms with Crippen LogP contribution >= 0.6 is 0 Å². The van der Waals surface area contributed by atoms with E-state index in [-0.39, 0.29) is 5.56 Å². The summed E-state index contributed by atoms with van der Waals surface area (Å²) in [6, 6.07) is 28.1. The van der Waals surface area contributed by atoms with Crippen LogP contribution in [0, 0.1) is 0 Å². The molecule has 1 aliphatic rings. The highest BCUT2D eigenvalue weighted by atomic mass is 16.5. The molecule has 0 amide bonds. The van der Waals surface area contributed by atoms with Crippen molar-refractivity contribution in [2.75, 3.05) is 31.2 Å². The summed E-state index contributed by atoms with van der Waals surface area (Å²) in [5.74, 6) is 0. The molecule has 180 valence electrons. The van der Waals surface area contributed by atoms with Gasteiger partial charge >= 0.3 is 0 Å². The van der Waals surface area contributed by atoms with Crippen molar-refractivity contribution in [1.29, 1.82) is 0 Å². The number of para-hydroxylation sites is 1. The highest BCUT2D eigenvalue weighted by Gasteiger charge is 2.14. The molecule has 3 aromatic carbocycles. The molecule has 0 unspecified atom stereocenters. The maximum absolute atomic E-state index is 13.3. The second-order valence-corrected chi connectivity index (χ2v) is 9.33. The van der Waals surface area contributed by atoms with Gasteiger partial charge in [0.05, 0.1) is 29.8 Å². The van der Waals surface area contributed by atoms with Gasteiger partial charge in [-0.25, -0.2) is 0 Å². The van der Waals surface area contributed by atoms with Crippen LogP contribution in [0.4, 0.5) is 5.69 Å². The number of benzene rings is 3. The lowest BCUT2D eigenvalue weighted by Gasteiger charge is -2.29. The van der Waals surface area contributed by atoms with Gasteiger partial charge in [-0.05, 0) is 60.2 Å². The highest BCUT2D eigenvalue weighted by Crippen LogP contribution is 2.31. The van der Waals surface area contributed by atoms with E-state index >= 15 is 0 Å². The lowest BCUT2D eigenvalue weighted by Crippen LogP contribution is -2.36. The normalized spacial score (nSPS) is 14.0. The quantitative estimate of drug-likeness (QED) is 0.307. The minimum Gasteiger partial charge on any atom is -0.378 e. The maximum Gasteiger partial charge on any atom is 0.255 e. The second kappa shape index (κ2) is 8.84. The smallest absolute Gasteiger partial charge is 0.255 e. The SMILES string of the molecule is O=c1ccc2cnc3ccc(-c4cnc5ccccc5c4)cc3c2n1-c1ccc(N2CCOCC2)cc1. The molecule has 0 radical (unpaired) electrons. The number of hydrogen-bond donors (Lipinski definition) is 0. The highest BCUT2D eigenvalue weighted by molar-refractivity contribution is 6.05. The Balaban J connectivity index is 1.40. The third-order valence-corrected chi connectivity index (χ3v) is 7.13. The van der Waals surface area contributed by atoms with Gasteiger partial charge < -0.3 is 9.64 Å². The van der Waals surface area contributed by atoms with Crippen molar-refractivity contribution >= 4 is 38.4 Å². The molecule has 0 spiro atoms. The average Bonchev–Trinajstić information content (AvgIpc) is 2.97. The molecule has 0 aliphatic carbocycles. The number of hydrogen-bond acceptors (Lipinski definition) is 5. The number of fused-ring (bicyclic) bond motifs is 4. The minimum absolute atomic E-state index is 0.0723. The van der Waals surface area contributed by atoms with E-state index in [1.54, 1.807) is 10.6 Å². The number of ether oxygens (including phenoxy) is 1. The van der Waals surface area contributed by atoms with Gasteiger partial charge in [-0.15, -0.1) is 0 Å². The Labute approximate surface area is 213 Å². The van der Waals surface area contributed by atoms with E-state index in [1.807, 2.05) is 54.9 Å². The topological polar surface area (TPSA) is 60.2 Å². The molecule has 3 aromatic heterocycles. The standard InChI is InChI=1S/C31H24N4O2/c36-30-12-6-23-19-33-29-11-5-21(24-17-22-3-1-2-4-28(22)32-20-24)18-27(29)31(23)35(30)26-9-7-25(8-10-26)34-13-15-37-16-14-34/h1-12,17-20H,13-16H2. The van der Waals surface area contributed by atoms with E-state index in [4.69, 9.17) is 4.74 Å². The molecule has 6 nitrogen and oxygen atoms in total. The van der Waals surface area contributed by atoms with Crippen LogP contribution in [0.1, 0.15) is 0 Å². The van der Waals surface area contributed by atoms with Gasteiger partial charge in [0.1, 0.15) is 0 Å². The maximum atomic E-state index is 13.3. The van der Waals surface area contributed by atoms with Gasteiger partial charge in [0.15, 0.2) is 0 Å². The number of aromatic nitrogens is 3. The molecule has 6 heteroatoms. The van der Waals surface area contributed by atoms with Crippen molar-refractivity contribution in [3.05, 3.63) is 108 Å². The average molecular weight is 485 g/mol. The molecule has 1 aliphatic heterocycles. The molecule has 4 heterocycles. The first-order valence-corrected chi connectivity index (χ1v) is 12.5. The van der Waals surface area contributed by atoms with Crippen LogP contribution in [0.15, 0.2) is 102 Å². The van der Waals surface area contributed by atoms with Gasteiger partial charge in [0.2, 0.25) is 0 Å². The van der Waals surface area contributed by atoms with Crippen molar-refractivity contribution in [3.8, 4) is 16.8 Å². The largest absolute Gasteiger partial charge is 0.378 e. The summed E-state index contributed by atoms with van der Waals surface area (Å²) < 4.78 is 7.28. The Hall–Kier alpha value is -4.55. The zero-order valence-electron chi connectivity index (χ0n) is 20.2. The van der Waals surface area contributed by atoms with E-state index < -0.39 is 0 Å². The van der Waals surface area contributed by atoms with Gasteiger partial charge in [-0.3, -0.25) is 19.3 Å². The minimum atomic E-state index is -0.0723. The van der Waals surface area contributed by atoms with Crippen molar-refractivity contribution in [2.24, 2.45) is 0 Å². The van der Waals surface area contributed by atoms with Crippen LogP contribution in [0.3, 0.4) is 0 Å². The van der Waals surface area contributed by atoms with E-state index in [2.05, 4.69) is 51.3 Å². The van der Waals surface area contributed by atoms with E-state index in [0.717, 1.165) is 81.5 Å². The van der Waals surface area contributed by atoms with Gasteiger partial charge in [-0.1, -0.05) is 24.3 Å². The first-order valence-electron chi connectivity index (χ1n) is 12.5. The fourth-order valence-electron chi connectivity index (χ4n) is 5.21. The fourth-order valence-corrected chi connectivity index (χ4v) is 5.21. The molecular formula is C31H24N4O2. The molecule has 0 atom stereocenters. The summed E-state index contributed by atoms with van der Waals surface area (Å²) in [4.78, 5) is 24.9. The lowest BCUT2D eigenvalue weighted by molar-refractivity contribution is 0.122. The van der Waals surface area contributed by atoms with Crippen LogP contribution in [-0.2, 0) is 4.74 Å². The van der Waals surface area contributed by atoms with Crippen LogP contribution in [-0.4, -0.2) is 40.8 Å². The molecule has 7 rings (SSSR count). The van der Waals surface area contributed by atoms with Crippen molar-refractivity contribution in [3.63, 3.8) is 0 Å². The van der Waals surface area contributed by atoms with Gasteiger partial charge in [-0.2, -0.15) is 0 Å². The van der Waals surface area contributed by atoms with Gasteiger partial charge in [0, 0.05) is 64.6 Å². The van der Waals surface area contributed by atoms with Crippen molar-refractivity contribution in [2.45, 2.75) is 0 Å². The van der Waals surface area contributed by atoms with Crippen molar-refractivity contribution < 1.29 is 4.74 Å². The molecule has 1 fully saturated rings. The summed E-state index contributed by atoms with van der Waals surface area (Å²) in [6.07, 6.45) is 3.74. The van der Waals surface area contributed by atoms with Crippen LogP contribution in [0.5, 0.6) is 0 Å². The predicted molar refractivity (Wildman–Crippen MR) is 149 cm³/mol. The first-order chi connectivity index (χ1) is 18.2. The van der Waals surface area contributed by atoms with Crippen LogP contribution in [0.2, 0.25) is 0 Å². The van der Waals surface area contributed by atoms with Crippen LogP contribution in [0.25, 0.3) is 49.5 Å². The Kier molecular flexibility index (Phi) is 5.18. The molecule has 0 saturated carbocycles. The van der Waals surface area contributed by atoms with E-state index in [9.17, 15) is 4.79 Å². The summed E-state index contributed by atoms with van der Waals surface area (Å²) in [5.41, 5.74) is 6.62. The molecule has 1 saturated heterocycles. The Bertz CT molecular complexity index is 1840. The monoisotopic (exact) mass is 484 g/mol. The summed E-state index contributed by atoms with van der Waals surface area (Å²) in [5, 5.41) is 2.93. The molecular weight excluding hydrogens is 460 g/mol. The molecule has 0 bridgehead atoms. The van der Waals surface area contributed by atoms with E-state index in [1.165, 1.54) is 0 Å². The zero-order valence-corrected chi connectivity index (χ0v) is 20.2. The van der Waals surface area contributed by atoms with Crippen LogP contribution < -0.4 is 10.5 Å². The lowest BCUT2D eigenvalue weighted by atomic mass is 10.0. The third-order valence-electron chi connectivity index (χ3n) is 7.13. The van der Waals surface area contributed by atoms with Crippen molar-refractivity contribution in [1.82, 2.24) is 14.5 Å². The van der Waals surface area contributed by atoms with Gasteiger partial charge in [0.25, 0.3) is 5.56 Å². The molecule has 0 N–H and O–H groups in total. The summed E-state index contributed by atoms with van der Waals surface area (Å²) in [7, 11) is 0. The number of rotatable bonds is 3. The third kappa shape index (κ3) is 3.82. The molecule has 37 heavy (non-hydrogen) atoms. The molecule has 6 aromatic rings. The predicted octanol–water partition coefficient (Wildman–Crippen LogP) is 5.59. The fraction of sp³-hybridized carbons (Fsp3) is 0.129. The second-order valence-electron chi connectivity index (χ2n) is 9.33. The summed E-state index contributed by atoms with van der Waals surface area (Å²) >= 11 is 0. The number of pyridine rings is 3. The first kappa shape index (κ1) is 21.7. The summed E-state index contributed by atoms with van der Waals surface area (Å²) in [6.45, 7) is 3.21. The Morgan fingerprint density at radius 1 is 0.676 bits per heavy atom. The Morgan fingerprint density at radius 2 is 1.46 bits per heavy atom. The number of nitrogens with zero attached hydrogens (tertiary/aromatic N) is 4. The number of morpholine rings is 1.